The fourth-order valence-electron chi connectivity index (χ4n) is 1.70. The van der Waals surface area contributed by atoms with Gasteiger partial charge in [0.15, 0.2) is 0 Å². The molecule has 0 aromatic heterocycles. The summed E-state index contributed by atoms with van der Waals surface area (Å²) in [6, 6.07) is 3.16. The third-order valence-electron chi connectivity index (χ3n) is 2.52. The van der Waals surface area contributed by atoms with E-state index in [1.54, 1.807) is 11.0 Å². The molecule has 0 aliphatic carbocycles. The Labute approximate surface area is 107 Å². The van der Waals surface area contributed by atoms with E-state index in [9.17, 15) is 9.18 Å². The van der Waals surface area contributed by atoms with Crippen molar-refractivity contribution in [3.05, 3.63) is 27.1 Å². The highest BCUT2D eigenvalue weighted by atomic mass is 127. The first-order valence-corrected chi connectivity index (χ1v) is 6.01. The van der Waals surface area contributed by atoms with Crippen LogP contribution < -0.4 is 4.90 Å². The number of morpholine rings is 1. The number of carbonyl (C=O) groups excluding carboxylic acids is 1. The maximum atomic E-state index is 13.5. The summed E-state index contributed by atoms with van der Waals surface area (Å²) in [5.74, 6) is -0.407. The topological polar surface area (TPSA) is 29.5 Å². The van der Waals surface area contributed by atoms with Crippen LogP contribution in [0.15, 0.2) is 12.1 Å². The lowest BCUT2D eigenvalue weighted by atomic mass is 10.1. The van der Waals surface area contributed by atoms with Gasteiger partial charge in [0.1, 0.15) is 12.4 Å². The molecule has 3 nitrogen and oxygen atoms in total. The monoisotopic (exact) mass is 335 g/mol. The number of carbonyl (C=O) groups is 1. The number of hydrogen-bond donors (Lipinski definition) is 0. The van der Waals surface area contributed by atoms with Crippen LogP contribution in [0.25, 0.3) is 0 Å². The molecule has 0 saturated carbocycles. The Bertz CT molecular complexity index is 436. The molecule has 0 atom stereocenters. The van der Waals surface area contributed by atoms with Crippen molar-refractivity contribution in [2.24, 2.45) is 0 Å². The summed E-state index contributed by atoms with van der Waals surface area (Å²) >= 11 is 1.94. The van der Waals surface area contributed by atoms with Crippen molar-refractivity contribution in [2.75, 3.05) is 24.7 Å². The molecule has 1 heterocycles. The summed E-state index contributed by atoms with van der Waals surface area (Å²) in [5, 5.41) is 0. The first-order chi connectivity index (χ1) is 7.59. The van der Waals surface area contributed by atoms with Crippen LogP contribution in [0.5, 0.6) is 0 Å². The van der Waals surface area contributed by atoms with Gasteiger partial charge in [-0.25, -0.2) is 4.39 Å². The van der Waals surface area contributed by atoms with Crippen LogP contribution in [0.3, 0.4) is 0 Å². The van der Waals surface area contributed by atoms with Crippen molar-refractivity contribution in [2.45, 2.75) is 6.92 Å². The number of halogens is 2. The van der Waals surface area contributed by atoms with Crippen molar-refractivity contribution in [3.63, 3.8) is 0 Å². The summed E-state index contributed by atoms with van der Waals surface area (Å²) in [7, 11) is 0. The maximum absolute atomic E-state index is 13.5. The molecule has 1 fully saturated rings. The Kier molecular flexibility index (Phi) is 3.44. The average molecular weight is 335 g/mol. The average Bonchev–Trinajstić information content (AvgIpc) is 2.25. The van der Waals surface area contributed by atoms with E-state index in [4.69, 9.17) is 4.74 Å². The van der Waals surface area contributed by atoms with Gasteiger partial charge in [-0.2, -0.15) is 0 Å². The molecule has 16 heavy (non-hydrogen) atoms. The van der Waals surface area contributed by atoms with Gasteiger partial charge >= 0.3 is 0 Å². The van der Waals surface area contributed by atoms with E-state index in [2.05, 4.69) is 0 Å². The van der Waals surface area contributed by atoms with Gasteiger partial charge in [0.2, 0.25) is 0 Å². The Balaban J connectivity index is 2.39. The molecule has 1 aliphatic rings. The van der Waals surface area contributed by atoms with Crippen LogP contribution in [0.4, 0.5) is 10.1 Å². The summed E-state index contributed by atoms with van der Waals surface area (Å²) in [6.07, 6.45) is 0. The molecule has 1 aromatic carbocycles. The highest BCUT2D eigenvalue weighted by Crippen LogP contribution is 2.25. The van der Waals surface area contributed by atoms with E-state index >= 15 is 0 Å². The molecule has 0 unspecified atom stereocenters. The second kappa shape index (κ2) is 4.67. The molecule has 1 aromatic rings. The van der Waals surface area contributed by atoms with E-state index in [1.807, 2.05) is 29.5 Å². The van der Waals surface area contributed by atoms with Crippen LogP contribution in [0.1, 0.15) is 5.56 Å². The number of benzene rings is 1. The molecule has 86 valence electrons. The lowest BCUT2D eigenvalue weighted by molar-refractivity contribution is -0.125. The summed E-state index contributed by atoms with van der Waals surface area (Å²) in [6.45, 7) is 2.94. The van der Waals surface area contributed by atoms with Crippen molar-refractivity contribution < 1.29 is 13.9 Å². The second-order valence-corrected chi connectivity index (χ2v) is 4.81. The quantitative estimate of drug-likeness (QED) is 0.736. The lowest BCUT2D eigenvalue weighted by Crippen LogP contribution is -2.42. The molecule has 1 aliphatic heterocycles. The normalized spacial score (nSPS) is 16.7. The number of anilines is 1. The number of amides is 1. The van der Waals surface area contributed by atoms with Gasteiger partial charge in [0.05, 0.1) is 6.61 Å². The van der Waals surface area contributed by atoms with E-state index in [-0.39, 0.29) is 18.3 Å². The smallest absolute Gasteiger partial charge is 0.253 e. The van der Waals surface area contributed by atoms with Crippen LogP contribution in [-0.4, -0.2) is 25.7 Å². The molecule has 2 rings (SSSR count). The predicted octanol–water partition coefficient (Wildman–Crippen LogP) is 2.10. The molecular formula is C11H11FINO2. The van der Waals surface area contributed by atoms with E-state index < -0.39 is 0 Å². The van der Waals surface area contributed by atoms with Crippen molar-refractivity contribution >= 4 is 34.2 Å². The van der Waals surface area contributed by atoms with Crippen molar-refractivity contribution in [3.8, 4) is 0 Å². The zero-order valence-electron chi connectivity index (χ0n) is 8.80. The van der Waals surface area contributed by atoms with Crippen LogP contribution in [-0.2, 0) is 9.53 Å². The van der Waals surface area contributed by atoms with Crippen molar-refractivity contribution in [1.82, 2.24) is 0 Å². The first-order valence-electron chi connectivity index (χ1n) is 4.93. The molecule has 5 heteroatoms. The van der Waals surface area contributed by atoms with Gasteiger partial charge in [0.25, 0.3) is 5.91 Å². The number of aryl methyl sites for hydroxylation is 1. The minimum atomic E-state index is -0.291. The number of rotatable bonds is 1. The van der Waals surface area contributed by atoms with Crippen molar-refractivity contribution in [1.29, 1.82) is 0 Å². The van der Waals surface area contributed by atoms with Gasteiger partial charge in [-0.05, 0) is 47.2 Å². The summed E-state index contributed by atoms with van der Waals surface area (Å²) < 4.78 is 19.1. The van der Waals surface area contributed by atoms with E-state index in [0.717, 1.165) is 5.56 Å². The number of nitrogens with zero attached hydrogens (tertiary/aromatic N) is 1. The van der Waals surface area contributed by atoms with E-state index in [1.165, 1.54) is 6.07 Å². The third kappa shape index (κ3) is 2.20. The van der Waals surface area contributed by atoms with Crippen LogP contribution >= 0.6 is 22.6 Å². The largest absolute Gasteiger partial charge is 0.370 e. The molecule has 0 spiro atoms. The van der Waals surface area contributed by atoms with Gasteiger partial charge in [0, 0.05) is 15.8 Å². The van der Waals surface area contributed by atoms with Crippen LogP contribution in [0, 0.1) is 16.3 Å². The fraction of sp³-hybridized carbons (Fsp3) is 0.364. The lowest BCUT2D eigenvalue weighted by Gasteiger charge is -2.28. The molecular weight excluding hydrogens is 324 g/mol. The molecule has 0 bridgehead atoms. The first kappa shape index (κ1) is 11.8. The summed E-state index contributed by atoms with van der Waals surface area (Å²) in [4.78, 5) is 13.2. The zero-order chi connectivity index (χ0) is 11.7. The Morgan fingerprint density at radius 1 is 1.50 bits per heavy atom. The fourth-order valence-corrected chi connectivity index (χ4v) is 2.32. The van der Waals surface area contributed by atoms with E-state index in [0.29, 0.717) is 22.4 Å². The predicted molar refractivity (Wildman–Crippen MR) is 67.0 cm³/mol. The van der Waals surface area contributed by atoms with Gasteiger partial charge in [-0.3, -0.25) is 4.79 Å². The van der Waals surface area contributed by atoms with Gasteiger partial charge in [-0.1, -0.05) is 0 Å². The molecule has 0 N–H and O–H groups in total. The molecule has 1 saturated heterocycles. The van der Waals surface area contributed by atoms with Gasteiger partial charge < -0.3 is 9.64 Å². The minimum Gasteiger partial charge on any atom is -0.370 e. The maximum Gasteiger partial charge on any atom is 0.253 e. The van der Waals surface area contributed by atoms with Crippen LogP contribution in [0.2, 0.25) is 0 Å². The second-order valence-electron chi connectivity index (χ2n) is 3.65. The SMILES string of the molecule is Cc1cc(I)c(F)cc1N1CCOCC1=O. The Morgan fingerprint density at radius 3 is 2.94 bits per heavy atom. The standard InChI is InChI=1S/C11H11FINO2/c1-7-4-9(13)8(12)5-10(7)14-2-3-16-6-11(14)15/h4-5H,2-3,6H2,1H3. The van der Waals surface area contributed by atoms with Gasteiger partial charge in [-0.15, -0.1) is 0 Å². The minimum absolute atomic E-state index is 0.0764. The third-order valence-corrected chi connectivity index (χ3v) is 3.34. The highest BCUT2D eigenvalue weighted by Gasteiger charge is 2.22. The zero-order valence-corrected chi connectivity index (χ0v) is 11.0. The summed E-state index contributed by atoms with van der Waals surface area (Å²) in [5.41, 5.74) is 1.55. The molecule has 1 amide bonds. The highest BCUT2D eigenvalue weighted by molar-refractivity contribution is 14.1. The number of hydrogen-bond acceptors (Lipinski definition) is 2. The Morgan fingerprint density at radius 2 is 2.25 bits per heavy atom. The molecule has 0 radical (unpaired) electrons. The number of ether oxygens (including phenoxy) is 1. The Hall–Kier alpha value is -0.690.